The predicted molar refractivity (Wildman–Crippen MR) is 101 cm³/mol. The highest BCUT2D eigenvalue weighted by atomic mass is 32.2. The van der Waals surface area contributed by atoms with Gasteiger partial charge < -0.3 is 0 Å². The van der Waals surface area contributed by atoms with Gasteiger partial charge in [0.15, 0.2) is 9.84 Å². The number of aromatic nitrogens is 2. The van der Waals surface area contributed by atoms with Crippen molar-refractivity contribution in [2.75, 3.05) is 5.75 Å². The Morgan fingerprint density at radius 1 is 1.04 bits per heavy atom. The molecular weight excluding hydrogens is 389 g/mol. The first-order valence-corrected chi connectivity index (χ1v) is 10.3. The summed E-state index contributed by atoms with van der Waals surface area (Å²) in [6, 6.07) is 10.4. The van der Waals surface area contributed by atoms with Crippen LogP contribution in [0.3, 0.4) is 0 Å². The molecule has 3 rings (SSSR count). The number of aryl methyl sites for hydroxylation is 1. The van der Waals surface area contributed by atoms with Gasteiger partial charge in [-0.05, 0) is 37.6 Å². The summed E-state index contributed by atoms with van der Waals surface area (Å²) in [4.78, 5) is -0.383. The van der Waals surface area contributed by atoms with E-state index in [0.29, 0.717) is 11.8 Å². The van der Waals surface area contributed by atoms with Gasteiger partial charge in [-0.25, -0.2) is 13.1 Å². The molecule has 148 valence electrons. The highest BCUT2D eigenvalue weighted by Gasteiger charge is 2.33. The number of rotatable bonds is 4. The molecule has 3 aromatic rings. The fourth-order valence-corrected chi connectivity index (χ4v) is 4.03. The van der Waals surface area contributed by atoms with Crippen molar-refractivity contribution in [2.45, 2.75) is 31.8 Å². The van der Waals surface area contributed by atoms with Crippen molar-refractivity contribution in [3.63, 3.8) is 0 Å². The van der Waals surface area contributed by atoms with Gasteiger partial charge in [0.25, 0.3) is 0 Å². The zero-order valence-electron chi connectivity index (χ0n) is 15.6. The second-order valence-electron chi connectivity index (χ2n) is 6.51. The molecule has 1 aromatic heterocycles. The van der Waals surface area contributed by atoms with Crippen molar-refractivity contribution in [1.82, 2.24) is 9.78 Å². The standard InChI is InChI=1S/C20H19F3N2O2S/c1-4-28(26,27)19-11-16(20(21,22)23)9-10-18(19)25-14(3)17(12-24-25)15-7-5-13(2)6-8-15/h5-12H,4H2,1-3H3. The van der Waals surface area contributed by atoms with E-state index in [-0.39, 0.29) is 16.3 Å². The van der Waals surface area contributed by atoms with Gasteiger partial charge in [-0.15, -0.1) is 0 Å². The summed E-state index contributed by atoms with van der Waals surface area (Å²) in [5, 5.41) is 4.26. The summed E-state index contributed by atoms with van der Waals surface area (Å²) in [7, 11) is -3.90. The van der Waals surface area contributed by atoms with Gasteiger partial charge in [0.1, 0.15) is 0 Å². The molecule has 0 radical (unpaired) electrons. The van der Waals surface area contributed by atoms with Crippen LogP contribution in [0.1, 0.15) is 23.7 Å². The first-order valence-electron chi connectivity index (χ1n) is 8.60. The van der Waals surface area contributed by atoms with E-state index in [1.165, 1.54) is 11.6 Å². The molecule has 8 heteroatoms. The molecule has 0 unspecified atom stereocenters. The molecule has 0 atom stereocenters. The third-order valence-corrected chi connectivity index (χ3v) is 6.36. The Hall–Kier alpha value is -2.61. The molecule has 0 saturated heterocycles. The van der Waals surface area contributed by atoms with Crippen molar-refractivity contribution in [3.05, 3.63) is 65.5 Å². The maximum atomic E-state index is 13.1. The molecule has 0 bridgehead atoms. The summed E-state index contributed by atoms with van der Waals surface area (Å²) in [5.41, 5.74) is 2.49. The predicted octanol–water partition coefficient (Wildman–Crippen LogP) is 4.97. The number of benzene rings is 2. The minimum atomic E-state index is -4.64. The van der Waals surface area contributed by atoms with E-state index in [1.807, 2.05) is 31.2 Å². The molecule has 2 aromatic carbocycles. The number of hydrogen-bond acceptors (Lipinski definition) is 3. The Bertz CT molecular complexity index is 1120. The summed E-state index contributed by atoms with van der Waals surface area (Å²) in [6.45, 7) is 5.11. The lowest BCUT2D eigenvalue weighted by Gasteiger charge is -2.15. The number of alkyl halides is 3. The Kier molecular flexibility index (Phi) is 5.10. The van der Waals surface area contributed by atoms with Gasteiger partial charge in [0.2, 0.25) is 0 Å². The van der Waals surface area contributed by atoms with Crippen molar-refractivity contribution >= 4 is 9.84 Å². The molecular formula is C20H19F3N2O2S. The third kappa shape index (κ3) is 3.69. The smallest absolute Gasteiger partial charge is 0.236 e. The number of hydrogen-bond donors (Lipinski definition) is 0. The maximum Gasteiger partial charge on any atom is 0.416 e. The first-order chi connectivity index (χ1) is 13.0. The molecule has 0 saturated carbocycles. The summed E-state index contributed by atoms with van der Waals surface area (Å²) >= 11 is 0. The fourth-order valence-electron chi connectivity index (χ4n) is 2.94. The number of sulfone groups is 1. The van der Waals surface area contributed by atoms with Gasteiger partial charge in [-0.2, -0.15) is 18.3 Å². The number of nitrogens with zero attached hydrogens (tertiary/aromatic N) is 2. The summed E-state index contributed by atoms with van der Waals surface area (Å²) in [5.74, 6) is -0.313. The van der Waals surface area contributed by atoms with Crippen LogP contribution >= 0.6 is 0 Å². The van der Waals surface area contributed by atoms with Crippen LogP contribution in [0.25, 0.3) is 16.8 Å². The SMILES string of the molecule is CCS(=O)(=O)c1cc(C(F)(F)F)ccc1-n1ncc(-c2ccc(C)cc2)c1C. The summed E-state index contributed by atoms with van der Waals surface area (Å²) < 4.78 is 65.7. The van der Waals surface area contributed by atoms with Crippen LogP contribution in [0.5, 0.6) is 0 Å². The zero-order valence-corrected chi connectivity index (χ0v) is 16.4. The normalized spacial score (nSPS) is 12.4. The third-order valence-electron chi connectivity index (χ3n) is 4.60. The minimum absolute atomic E-state index is 0.103. The monoisotopic (exact) mass is 408 g/mol. The van der Waals surface area contributed by atoms with Crippen LogP contribution in [0.4, 0.5) is 13.2 Å². The Morgan fingerprint density at radius 3 is 2.25 bits per heavy atom. The fraction of sp³-hybridized carbons (Fsp3) is 0.250. The molecule has 28 heavy (non-hydrogen) atoms. The second kappa shape index (κ2) is 7.09. The molecule has 1 heterocycles. The lowest BCUT2D eigenvalue weighted by Crippen LogP contribution is -2.14. The molecule has 0 fully saturated rings. The second-order valence-corrected chi connectivity index (χ2v) is 8.75. The highest BCUT2D eigenvalue weighted by Crippen LogP contribution is 2.34. The van der Waals surface area contributed by atoms with Crippen molar-refractivity contribution in [2.24, 2.45) is 0 Å². The van der Waals surface area contributed by atoms with Gasteiger partial charge in [-0.1, -0.05) is 36.8 Å². The van der Waals surface area contributed by atoms with Crippen LogP contribution in [-0.2, 0) is 16.0 Å². The molecule has 4 nitrogen and oxygen atoms in total. The van der Waals surface area contributed by atoms with E-state index in [4.69, 9.17) is 0 Å². The van der Waals surface area contributed by atoms with E-state index < -0.39 is 21.6 Å². The van der Waals surface area contributed by atoms with Crippen molar-refractivity contribution in [1.29, 1.82) is 0 Å². The van der Waals surface area contributed by atoms with E-state index >= 15 is 0 Å². The van der Waals surface area contributed by atoms with Crippen molar-refractivity contribution in [3.8, 4) is 16.8 Å². The van der Waals surface area contributed by atoms with Crippen LogP contribution in [0.2, 0.25) is 0 Å². The quantitative estimate of drug-likeness (QED) is 0.613. The van der Waals surface area contributed by atoms with Crippen LogP contribution in [0, 0.1) is 13.8 Å². The molecule has 0 aliphatic rings. The van der Waals surface area contributed by atoms with Crippen LogP contribution < -0.4 is 0 Å². The van der Waals surface area contributed by atoms with Gasteiger partial charge in [0, 0.05) is 11.3 Å². The Morgan fingerprint density at radius 2 is 1.68 bits per heavy atom. The topological polar surface area (TPSA) is 52.0 Å². The van der Waals surface area contributed by atoms with Gasteiger partial charge >= 0.3 is 6.18 Å². The Labute approximate surface area is 161 Å². The van der Waals surface area contributed by atoms with E-state index in [9.17, 15) is 21.6 Å². The molecule has 0 aliphatic heterocycles. The Balaban J connectivity index is 2.20. The summed E-state index contributed by atoms with van der Waals surface area (Å²) in [6.07, 6.45) is -3.05. The maximum absolute atomic E-state index is 13.1. The average Bonchev–Trinajstić information content (AvgIpc) is 3.02. The van der Waals surface area contributed by atoms with Crippen LogP contribution in [-0.4, -0.2) is 24.0 Å². The largest absolute Gasteiger partial charge is 0.416 e. The average molecular weight is 408 g/mol. The lowest BCUT2D eigenvalue weighted by molar-refractivity contribution is -0.137. The van der Waals surface area contributed by atoms with E-state index in [1.54, 1.807) is 13.1 Å². The van der Waals surface area contributed by atoms with Gasteiger partial charge in [-0.3, -0.25) is 0 Å². The number of halogens is 3. The minimum Gasteiger partial charge on any atom is -0.236 e. The molecule has 0 spiro atoms. The first kappa shape index (κ1) is 20.1. The molecule has 0 N–H and O–H groups in total. The highest BCUT2D eigenvalue weighted by molar-refractivity contribution is 7.91. The van der Waals surface area contributed by atoms with Crippen LogP contribution in [0.15, 0.2) is 53.6 Å². The van der Waals surface area contributed by atoms with E-state index in [2.05, 4.69) is 5.10 Å². The molecule has 0 amide bonds. The van der Waals surface area contributed by atoms with Gasteiger partial charge in [0.05, 0.1) is 28.1 Å². The van der Waals surface area contributed by atoms with E-state index in [0.717, 1.165) is 28.8 Å². The molecule has 0 aliphatic carbocycles. The zero-order chi connectivity index (χ0) is 20.7. The van der Waals surface area contributed by atoms with Crippen molar-refractivity contribution < 1.29 is 21.6 Å². The lowest BCUT2D eigenvalue weighted by atomic mass is 10.1.